The number of hydrogen-bond donors (Lipinski definition) is 0. The highest BCUT2D eigenvalue weighted by Gasteiger charge is 2.26. The number of carbonyl (C=O) groups excluding carboxylic acids is 1. The Labute approximate surface area is 141 Å². The van der Waals surface area contributed by atoms with E-state index in [2.05, 4.69) is 45.6 Å². The fourth-order valence-electron chi connectivity index (χ4n) is 2.91. The summed E-state index contributed by atoms with van der Waals surface area (Å²) in [5.41, 5.74) is 2.72. The van der Waals surface area contributed by atoms with Crippen molar-refractivity contribution in [2.75, 3.05) is 18.1 Å². The van der Waals surface area contributed by atoms with Gasteiger partial charge in [0.2, 0.25) is 0 Å². The molecule has 0 unspecified atom stereocenters. The Morgan fingerprint density at radius 1 is 1.29 bits per heavy atom. The molecule has 1 aliphatic heterocycles. The highest BCUT2D eigenvalue weighted by molar-refractivity contribution is 5.87. The first-order chi connectivity index (χ1) is 11.4. The monoisotopic (exact) mass is 329 g/mol. The van der Waals surface area contributed by atoms with Crippen LogP contribution < -0.4 is 4.90 Å². The van der Waals surface area contributed by atoms with Crippen LogP contribution in [0.1, 0.15) is 49.4 Å². The molecule has 0 saturated carbocycles. The van der Waals surface area contributed by atoms with E-state index in [1.807, 2.05) is 12.3 Å². The van der Waals surface area contributed by atoms with Crippen molar-refractivity contribution in [3.8, 4) is 0 Å². The van der Waals surface area contributed by atoms with Crippen LogP contribution >= 0.6 is 0 Å². The molecule has 2 aromatic heterocycles. The number of esters is 1. The number of aromatic nitrogens is 4. The molecule has 128 valence electrons. The van der Waals surface area contributed by atoms with Gasteiger partial charge >= 0.3 is 5.97 Å². The lowest BCUT2D eigenvalue weighted by molar-refractivity contribution is 0.0518. The van der Waals surface area contributed by atoms with Crippen molar-refractivity contribution in [1.82, 2.24) is 20.0 Å². The van der Waals surface area contributed by atoms with Gasteiger partial charge in [0, 0.05) is 30.8 Å². The summed E-state index contributed by atoms with van der Waals surface area (Å²) < 4.78 is 7.03. The Morgan fingerprint density at radius 3 is 2.71 bits per heavy atom. The average molecular weight is 329 g/mol. The molecule has 1 aliphatic rings. The Balaban J connectivity index is 1.76. The Hall–Kier alpha value is -2.44. The van der Waals surface area contributed by atoms with E-state index in [1.54, 1.807) is 13.0 Å². The molecule has 0 atom stereocenters. The summed E-state index contributed by atoms with van der Waals surface area (Å²) in [5, 5.41) is 12.7. The summed E-state index contributed by atoms with van der Waals surface area (Å²) in [5.74, 6) is 0.321. The van der Waals surface area contributed by atoms with Crippen molar-refractivity contribution in [2.24, 2.45) is 0 Å². The van der Waals surface area contributed by atoms with E-state index in [1.165, 1.54) is 11.3 Å². The van der Waals surface area contributed by atoms with E-state index in [9.17, 15) is 4.79 Å². The molecule has 0 aromatic carbocycles. The highest BCUT2D eigenvalue weighted by Crippen LogP contribution is 2.26. The molecule has 7 heteroatoms. The molecular formula is C17H23N5O2. The first kappa shape index (κ1) is 16.4. The zero-order chi connectivity index (χ0) is 17.3. The summed E-state index contributed by atoms with van der Waals surface area (Å²) >= 11 is 0. The lowest BCUT2D eigenvalue weighted by Crippen LogP contribution is -2.34. The third-order valence-electron chi connectivity index (χ3n) is 4.03. The molecule has 0 spiro atoms. The molecule has 2 aromatic rings. The second-order valence-corrected chi connectivity index (χ2v) is 6.87. The minimum absolute atomic E-state index is 0.0170. The van der Waals surface area contributed by atoms with Gasteiger partial charge < -0.3 is 9.64 Å². The van der Waals surface area contributed by atoms with E-state index in [0.29, 0.717) is 6.61 Å². The molecule has 0 bridgehead atoms. The maximum Gasteiger partial charge on any atom is 0.358 e. The standard InChI is InChI=1S/C17H23N5O2/c1-5-24-16(23)13-6-7-15(20-19-13)21-9-8-14-12(11-21)10-18-22(14)17(2,3)4/h6-7,10H,5,8-9,11H2,1-4H3. The van der Waals surface area contributed by atoms with Crippen LogP contribution in [0.3, 0.4) is 0 Å². The summed E-state index contributed by atoms with van der Waals surface area (Å²) in [6.45, 7) is 10.2. The lowest BCUT2D eigenvalue weighted by Gasteiger charge is -2.30. The predicted octanol–water partition coefficient (Wildman–Crippen LogP) is 2.17. The van der Waals surface area contributed by atoms with Crippen LogP contribution in [0, 0.1) is 0 Å². The van der Waals surface area contributed by atoms with E-state index in [4.69, 9.17) is 4.74 Å². The fraction of sp³-hybridized carbons (Fsp3) is 0.529. The topological polar surface area (TPSA) is 73.1 Å². The largest absolute Gasteiger partial charge is 0.461 e. The second-order valence-electron chi connectivity index (χ2n) is 6.87. The van der Waals surface area contributed by atoms with Crippen LogP contribution in [0.5, 0.6) is 0 Å². The van der Waals surface area contributed by atoms with Gasteiger partial charge in [-0.05, 0) is 39.8 Å². The molecule has 0 saturated heterocycles. The van der Waals surface area contributed by atoms with Crippen molar-refractivity contribution in [2.45, 2.75) is 46.2 Å². The molecule has 3 heterocycles. The van der Waals surface area contributed by atoms with E-state index >= 15 is 0 Å². The van der Waals surface area contributed by atoms with Gasteiger partial charge in [-0.2, -0.15) is 5.10 Å². The Bertz CT molecular complexity index is 730. The number of nitrogens with zero attached hydrogens (tertiary/aromatic N) is 5. The summed E-state index contributed by atoms with van der Waals surface area (Å²) in [6, 6.07) is 3.48. The smallest absolute Gasteiger partial charge is 0.358 e. The van der Waals surface area contributed by atoms with Gasteiger partial charge in [-0.25, -0.2) is 4.79 Å². The molecular weight excluding hydrogens is 306 g/mol. The van der Waals surface area contributed by atoms with Gasteiger partial charge in [-0.3, -0.25) is 4.68 Å². The first-order valence-corrected chi connectivity index (χ1v) is 8.22. The van der Waals surface area contributed by atoms with Crippen molar-refractivity contribution >= 4 is 11.8 Å². The van der Waals surface area contributed by atoms with Gasteiger partial charge in [0.25, 0.3) is 0 Å². The van der Waals surface area contributed by atoms with Gasteiger partial charge in [0.05, 0.1) is 18.3 Å². The lowest BCUT2D eigenvalue weighted by atomic mass is 10.0. The molecule has 3 rings (SSSR count). The third-order valence-corrected chi connectivity index (χ3v) is 4.03. The highest BCUT2D eigenvalue weighted by atomic mass is 16.5. The molecule has 0 amide bonds. The van der Waals surface area contributed by atoms with Crippen LogP contribution in [0.2, 0.25) is 0 Å². The van der Waals surface area contributed by atoms with Crippen LogP contribution in [0.15, 0.2) is 18.3 Å². The second kappa shape index (κ2) is 6.22. The number of fused-ring (bicyclic) bond motifs is 1. The van der Waals surface area contributed by atoms with Crippen LogP contribution in [-0.4, -0.2) is 39.1 Å². The van der Waals surface area contributed by atoms with Gasteiger partial charge in [0.1, 0.15) is 0 Å². The normalized spacial score (nSPS) is 14.4. The molecule has 0 N–H and O–H groups in total. The van der Waals surface area contributed by atoms with E-state index in [0.717, 1.165) is 25.3 Å². The minimum atomic E-state index is -0.441. The van der Waals surface area contributed by atoms with Crippen LogP contribution in [0.25, 0.3) is 0 Å². The number of anilines is 1. The van der Waals surface area contributed by atoms with Crippen molar-refractivity contribution in [3.05, 3.63) is 35.3 Å². The number of hydrogen-bond acceptors (Lipinski definition) is 6. The zero-order valence-corrected chi connectivity index (χ0v) is 14.6. The summed E-state index contributed by atoms with van der Waals surface area (Å²) in [7, 11) is 0. The van der Waals surface area contributed by atoms with E-state index in [-0.39, 0.29) is 11.2 Å². The van der Waals surface area contributed by atoms with Crippen molar-refractivity contribution < 1.29 is 9.53 Å². The van der Waals surface area contributed by atoms with Crippen LogP contribution in [-0.2, 0) is 23.2 Å². The quantitative estimate of drug-likeness (QED) is 0.804. The Morgan fingerprint density at radius 2 is 2.08 bits per heavy atom. The van der Waals surface area contributed by atoms with Gasteiger partial charge in [-0.15, -0.1) is 10.2 Å². The molecule has 0 radical (unpaired) electrons. The first-order valence-electron chi connectivity index (χ1n) is 8.22. The molecule has 7 nitrogen and oxygen atoms in total. The third kappa shape index (κ3) is 3.11. The summed E-state index contributed by atoms with van der Waals surface area (Å²) in [6.07, 6.45) is 2.85. The number of ether oxygens (including phenoxy) is 1. The zero-order valence-electron chi connectivity index (χ0n) is 14.6. The average Bonchev–Trinajstić information content (AvgIpc) is 2.98. The van der Waals surface area contributed by atoms with Crippen molar-refractivity contribution in [1.29, 1.82) is 0 Å². The number of rotatable bonds is 3. The maximum absolute atomic E-state index is 11.6. The van der Waals surface area contributed by atoms with E-state index < -0.39 is 5.97 Å². The molecule has 0 aliphatic carbocycles. The predicted molar refractivity (Wildman–Crippen MR) is 90.0 cm³/mol. The SMILES string of the molecule is CCOC(=O)c1ccc(N2CCc3c(cnn3C(C)(C)C)C2)nn1. The summed E-state index contributed by atoms with van der Waals surface area (Å²) in [4.78, 5) is 13.8. The van der Waals surface area contributed by atoms with Gasteiger partial charge in [-0.1, -0.05) is 0 Å². The Kier molecular flexibility index (Phi) is 4.26. The maximum atomic E-state index is 11.6. The molecule has 0 fully saturated rings. The number of carbonyl (C=O) groups is 1. The fourth-order valence-corrected chi connectivity index (χ4v) is 2.91. The molecule has 24 heavy (non-hydrogen) atoms. The minimum Gasteiger partial charge on any atom is -0.461 e. The van der Waals surface area contributed by atoms with Crippen molar-refractivity contribution in [3.63, 3.8) is 0 Å². The van der Waals surface area contributed by atoms with Gasteiger partial charge in [0.15, 0.2) is 11.5 Å². The van der Waals surface area contributed by atoms with Crippen LogP contribution in [0.4, 0.5) is 5.82 Å².